The quantitative estimate of drug-likeness (QED) is 0.122. The first-order chi connectivity index (χ1) is 15.0. The van der Waals surface area contributed by atoms with Gasteiger partial charge in [0.05, 0.1) is 17.2 Å². The van der Waals surface area contributed by atoms with Crippen molar-refractivity contribution >= 4 is 69.7 Å². The summed E-state index contributed by atoms with van der Waals surface area (Å²) in [7, 11) is 1.30. The van der Waals surface area contributed by atoms with Gasteiger partial charge < -0.3 is 20.1 Å². The number of carbonyl (C=O) groups is 3. The van der Waals surface area contributed by atoms with Gasteiger partial charge in [-0.1, -0.05) is 28.3 Å². The Morgan fingerprint density at radius 3 is 2.88 bits per heavy atom. The number of thiazole rings is 1. The fourth-order valence-electron chi connectivity index (χ4n) is 2.99. The minimum absolute atomic E-state index is 0. The Morgan fingerprint density at radius 2 is 2.25 bits per heavy atom. The maximum Gasteiger partial charge on any atom is 1.00 e. The van der Waals surface area contributed by atoms with Crippen LogP contribution in [0.2, 0.25) is 0 Å². The van der Waals surface area contributed by atoms with E-state index >= 15 is 0 Å². The number of amides is 2. The number of thioether (sulfide) groups is 2. The van der Waals surface area contributed by atoms with E-state index in [-0.39, 0.29) is 41.0 Å². The zero-order valence-electron chi connectivity index (χ0n) is 16.7. The molecule has 0 aliphatic carbocycles. The number of hydrogen-bond acceptors (Lipinski definition) is 13. The molecule has 1 saturated heterocycles. The third-order valence-electron chi connectivity index (χ3n) is 4.31. The molecule has 2 aromatic rings. The molecule has 1 fully saturated rings. The molecule has 0 aromatic carbocycles. The average molecular weight is 521 g/mol. The van der Waals surface area contributed by atoms with Gasteiger partial charge in [0.2, 0.25) is 0 Å². The minimum atomic E-state index is -1.43. The Morgan fingerprint density at radius 1 is 1.44 bits per heavy atom. The van der Waals surface area contributed by atoms with Crippen LogP contribution in [0.15, 0.2) is 37.2 Å². The zero-order chi connectivity index (χ0) is 22.0. The number of hydrogen-bond donors (Lipinski definition) is 1. The molecule has 2 aromatic heterocycles. The van der Waals surface area contributed by atoms with Crippen LogP contribution in [0.3, 0.4) is 0 Å². The molecule has 2 aliphatic heterocycles. The molecule has 4 rings (SSSR count). The molecular weight excluding hydrogens is 507 g/mol. The molecule has 2 aliphatic rings. The zero-order valence-corrected chi connectivity index (χ0v) is 22.0. The monoisotopic (exact) mass is 520 g/mol. The van der Waals surface area contributed by atoms with Crippen molar-refractivity contribution in [1.29, 1.82) is 0 Å². The third kappa shape index (κ3) is 5.03. The average Bonchev–Trinajstić information content (AvgIpc) is 3.47. The van der Waals surface area contributed by atoms with E-state index in [1.165, 1.54) is 58.2 Å². The van der Waals surface area contributed by atoms with Gasteiger partial charge in [0.15, 0.2) is 10.1 Å². The van der Waals surface area contributed by atoms with Crippen molar-refractivity contribution in [3.05, 3.63) is 33.4 Å². The van der Waals surface area contributed by atoms with Crippen molar-refractivity contribution in [3.63, 3.8) is 0 Å². The van der Waals surface area contributed by atoms with Gasteiger partial charge in [-0.2, -0.15) is 0 Å². The summed E-state index contributed by atoms with van der Waals surface area (Å²) in [5, 5.41) is 26.8. The fraction of sp³-hybridized carbons (Fsp3) is 0.312. The van der Waals surface area contributed by atoms with Crippen LogP contribution in [0, 0.1) is 0 Å². The van der Waals surface area contributed by atoms with E-state index in [4.69, 9.17) is 4.84 Å². The number of fused-ring (bicyclic) bond motifs is 1. The Bertz CT molecular complexity index is 1060. The number of nitrogens with zero attached hydrogens (tertiary/aromatic N) is 5. The molecule has 11 nitrogen and oxygen atoms in total. The van der Waals surface area contributed by atoms with Crippen LogP contribution in [-0.2, 0) is 19.2 Å². The standard InChI is InChI=1S/C16H14N6O5S4.Na/c1-27-21-9(8-4-28-5-17-8)12(23)19-10-13(24)22-11(15(25)26)7(2-29-14(10)22)3-30-16-20-18-6-31-16;/h4-6,10,14H,2-3H2,1H3,(H,19,23)(H,25,26);/q;+1/p-1/t10?,14-;/m0./s1. The van der Waals surface area contributed by atoms with Gasteiger partial charge in [-0.15, -0.1) is 33.3 Å². The third-order valence-corrected chi connectivity index (χ3v) is 8.18. The normalized spacial score (nSPS) is 20.2. The van der Waals surface area contributed by atoms with E-state index < -0.39 is 29.2 Å². The van der Waals surface area contributed by atoms with Gasteiger partial charge >= 0.3 is 29.6 Å². The number of β-lactam (4-membered cyclic amide) rings is 1. The van der Waals surface area contributed by atoms with Crippen LogP contribution in [0.25, 0.3) is 0 Å². The van der Waals surface area contributed by atoms with Gasteiger partial charge in [0.1, 0.15) is 29.7 Å². The predicted molar refractivity (Wildman–Crippen MR) is 113 cm³/mol. The number of carboxylic acids is 1. The van der Waals surface area contributed by atoms with Crippen molar-refractivity contribution in [2.45, 2.75) is 15.8 Å². The van der Waals surface area contributed by atoms with E-state index in [9.17, 15) is 19.5 Å². The van der Waals surface area contributed by atoms with E-state index in [1.54, 1.807) is 16.4 Å². The van der Waals surface area contributed by atoms with Crippen molar-refractivity contribution in [2.75, 3.05) is 18.6 Å². The first-order valence-electron chi connectivity index (χ1n) is 8.58. The first kappa shape index (κ1) is 25.1. The van der Waals surface area contributed by atoms with E-state index in [1.807, 2.05) is 0 Å². The number of carboxylic acid groups (broad SMARTS) is 1. The molecule has 2 atom stereocenters. The summed E-state index contributed by atoms with van der Waals surface area (Å²) < 4.78 is 0.699. The van der Waals surface area contributed by atoms with Crippen LogP contribution in [0.1, 0.15) is 5.69 Å². The Labute approximate surface area is 220 Å². The topological polar surface area (TPSA) is 150 Å². The largest absolute Gasteiger partial charge is 1.00 e. The second kappa shape index (κ2) is 11.1. The van der Waals surface area contributed by atoms with Crippen LogP contribution in [0.4, 0.5) is 0 Å². The summed E-state index contributed by atoms with van der Waals surface area (Å²) in [5.74, 6) is -1.88. The number of oxime groups is 1. The second-order valence-electron chi connectivity index (χ2n) is 6.09. The van der Waals surface area contributed by atoms with Gasteiger partial charge in [-0.25, -0.2) is 4.98 Å². The minimum Gasteiger partial charge on any atom is -0.543 e. The number of nitrogens with one attached hydrogen (secondary N) is 1. The molecule has 0 saturated carbocycles. The number of carbonyl (C=O) groups excluding carboxylic acids is 3. The molecule has 32 heavy (non-hydrogen) atoms. The summed E-state index contributed by atoms with van der Waals surface area (Å²) in [5.41, 5.74) is 3.78. The molecule has 1 unspecified atom stereocenters. The summed E-state index contributed by atoms with van der Waals surface area (Å²) in [4.78, 5) is 47.2. The Balaban J connectivity index is 0.00000289. The summed E-state index contributed by atoms with van der Waals surface area (Å²) in [6.45, 7) is 0. The van der Waals surface area contributed by atoms with Crippen LogP contribution in [-0.4, -0.2) is 73.6 Å². The maximum atomic E-state index is 12.8. The van der Waals surface area contributed by atoms with Gasteiger partial charge in [0, 0.05) is 16.9 Å². The molecule has 0 bridgehead atoms. The smallest absolute Gasteiger partial charge is 0.543 e. The van der Waals surface area contributed by atoms with Crippen molar-refractivity contribution < 1.29 is 53.9 Å². The van der Waals surface area contributed by atoms with E-state index in [0.29, 0.717) is 27.1 Å². The molecule has 162 valence electrons. The predicted octanol–water partition coefficient (Wildman–Crippen LogP) is -3.45. The van der Waals surface area contributed by atoms with Crippen molar-refractivity contribution in [1.82, 2.24) is 25.4 Å². The summed E-state index contributed by atoms with van der Waals surface area (Å²) in [6, 6.07) is -0.898. The first-order valence-corrected chi connectivity index (χ1v) is 12.4. The van der Waals surface area contributed by atoms with Gasteiger partial charge in [-0.3, -0.25) is 14.5 Å². The molecule has 0 radical (unpaired) electrons. The van der Waals surface area contributed by atoms with E-state index in [2.05, 4.69) is 25.7 Å². The molecule has 2 amide bonds. The second-order valence-corrected chi connectivity index (χ2v) is 9.97. The van der Waals surface area contributed by atoms with Crippen molar-refractivity contribution in [2.24, 2.45) is 5.16 Å². The fourth-order valence-corrected chi connectivity index (χ4v) is 6.50. The maximum absolute atomic E-state index is 12.8. The summed E-state index contributed by atoms with van der Waals surface area (Å²) >= 11 is 5.33. The van der Waals surface area contributed by atoms with Crippen LogP contribution in [0.5, 0.6) is 0 Å². The molecule has 1 N–H and O–H groups in total. The SMILES string of the molecule is CON=C(C(=O)NC1C(=O)N2C(C(=O)[O-])=C(CSc3nncs3)CS[C@@H]12)c1cscn1.[Na+]. The molecule has 4 heterocycles. The van der Waals surface area contributed by atoms with Gasteiger partial charge in [0.25, 0.3) is 11.8 Å². The molecule has 16 heteroatoms. The Hall–Kier alpha value is -1.49. The van der Waals surface area contributed by atoms with Gasteiger partial charge in [-0.05, 0) is 5.57 Å². The number of rotatable bonds is 8. The Kier molecular flexibility index (Phi) is 8.71. The van der Waals surface area contributed by atoms with Crippen LogP contribution < -0.4 is 40.0 Å². The van der Waals surface area contributed by atoms with E-state index in [0.717, 1.165) is 0 Å². The number of aromatic nitrogens is 3. The molecule has 0 spiro atoms. The number of aliphatic carboxylic acids is 1. The van der Waals surface area contributed by atoms with Crippen LogP contribution >= 0.6 is 46.2 Å². The summed E-state index contributed by atoms with van der Waals surface area (Å²) in [6.07, 6.45) is 0. The van der Waals surface area contributed by atoms with Crippen molar-refractivity contribution in [3.8, 4) is 0 Å². The molecular formula is C16H13N6NaO5S4.